The zero-order chi connectivity index (χ0) is 13.4. The van der Waals surface area contributed by atoms with Crippen molar-refractivity contribution < 1.29 is 0 Å². The number of hydrogen-bond donors (Lipinski definition) is 1. The van der Waals surface area contributed by atoms with Gasteiger partial charge in [-0.15, -0.1) is 0 Å². The summed E-state index contributed by atoms with van der Waals surface area (Å²) in [4.78, 5) is 4.30. The molecule has 100 valence electrons. The van der Waals surface area contributed by atoms with Gasteiger partial charge in [0.2, 0.25) is 0 Å². The quantitative estimate of drug-likeness (QED) is 0.769. The van der Waals surface area contributed by atoms with Crippen LogP contribution in [0.5, 0.6) is 0 Å². The van der Waals surface area contributed by atoms with Gasteiger partial charge >= 0.3 is 0 Å². The molecule has 1 unspecified atom stereocenters. The average molecular weight is 248 g/mol. The Labute approximate surface area is 110 Å². The predicted octanol–water partition coefficient (Wildman–Crippen LogP) is 2.51. The second-order valence-electron chi connectivity index (χ2n) is 4.86. The summed E-state index contributed by atoms with van der Waals surface area (Å²) in [6, 6.07) is 2.39. The maximum Gasteiger partial charge on any atom is 0.108 e. The van der Waals surface area contributed by atoms with Gasteiger partial charge in [-0.1, -0.05) is 13.8 Å². The molecule has 18 heavy (non-hydrogen) atoms. The molecule has 1 atom stereocenters. The summed E-state index contributed by atoms with van der Waals surface area (Å²) in [7, 11) is 0. The molecule has 1 heterocycles. The lowest BCUT2D eigenvalue weighted by molar-refractivity contribution is 0.393. The van der Waals surface area contributed by atoms with Crippen molar-refractivity contribution in [2.24, 2.45) is 0 Å². The van der Waals surface area contributed by atoms with Crippen LogP contribution in [0.2, 0.25) is 0 Å². The number of aryl methyl sites for hydroxylation is 2. The molecule has 0 saturated heterocycles. The van der Waals surface area contributed by atoms with Gasteiger partial charge in [0, 0.05) is 25.4 Å². The third-order valence-corrected chi connectivity index (χ3v) is 3.21. The molecule has 1 rings (SSSR count). The van der Waals surface area contributed by atoms with Crippen LogP contribution in [0.15, 0.2) is 12.4 Å². The molecule has 0 spiro atoms. The minimum absolute atomic E-state index is 0.400. The van der Waals surface area contributed by atoms with Gasteiger partial charge < -0.3 is 4.57 Å². The molecular weight excluding hydrogens is 224 g/mol. The molecule has 0 radical (unpaired) electrons. The zero-order valence-corrected chi connectivity index (χ0v) is 11.7. The fourth-order valence-electron chi connectivity index (χ4n) is 2.05. The fraction of sp³-hybridized carbons (Fsp3) is 0.714. The second-order valence-corrected chi connectivity index (χ2v) is 4.86. The molecule has 0 aliphatic carbocycles. The Balaban J connectivity index is 2.42. The van der Waals surface area contributed by atoms with Crippen molar-refractivity contribution in [3.05, 3.63) is 18.2 Å². The lowest BCUT2D eigenvalue weighted by Gasteiger charge is -2.23. The predicted molar refractivity (Wildman–Crippen MR) is 73.2 cm³/mol. The van der Waals surface area contributed by atoms with Crippen LogP contribution in [0.3, 0.4) is 0 Å². The van der Waals surface area contributed by atoms with Gasteiger partial charge in [-0.2, -0.15) is 5.26 Å². The zero-order valence-electron chi connectivity index (χ0n) is 11.7. The number of aromatic nitrogens is 2. The van der Waals surface area contributed by atoms with Crippen LogP contribution in [0.25, 0.3) is 0 Å². The molecule has 1 N–H and O–H groups in total. The molecule has 0 amide bonds. The smallest absolute Gasteiger partial charge is 0.108 e. The lowest BCUT2D eigenvalue weighted by atomic mass is 9.97. The van der Waals surface area contributed by atoms with E-state index >= 15 is 0 Å². The maximum absolute atomic E-state index is 9.24. The Morgan fingerprint density at radius 2 is 2.28 bits per heavy atom. The van der Waals surface area contributed by atoms with E-state index in [0.717, 1.165) is 44.6 Å². The van der Waals surface area contributed by atoms with Crippen molar-refractivity contribution in [2.45, 2.75) is 58.5 Å². The normalized spacial score (nSPS) is 14.1. The number of rotatable bonds is 8. The van der Waals surface area contributed by atoms with Crippen LogP contribution in [0.1, 0.15) is 45.9 Å². The van der Waals surface area contributed by atoms with Gasteiger partial charge in [-0.25, -0.2) is 4.98 Å². The van der Waals surface area contributed by atoms with Crippen molar-refractivity contribution in [1.29, 1.82) is 5.26 Å². The van der Waals surface area contributed by atoms with Crippen molar-refractivity contribution >= 4 is 0 Å². The van der Waals surface area contributed by atoms with Crippen LogP contribution < -0.4 is 5.32 Å². The van der Waals surface area contributed by atoms with Gasteiger partial charge in [-0.3, -0.25) is 5.32 Å². The molecule has 0 saturated carbocycles. The van der Waals surface area contributed by atoms with Gasteiger partial charge in [0.25, 0.3) is 0 Å². The van der Waals surface area contributed by atoms with Gasteiger partial charge in [0.1, 0.15) is 11.4 Å². The molecule has 0 aromatic carbocycles. The van der Waals surface area contributed by atoms with E-state index in [-0.39, 0.29) is 0 Å². The third kappa shape index (κ3) is 4.15. The summed E-state index contributed by atoms with van der Waals surface area (Å²) in [5.74, 6) is 1.12. The summed E-state index contributed by atoms with van der Waals surface area (Å²) in [6.45, 7) is 8.05. The van der Waals surface area contributed by atoms with Gasteiger partial charge in [0.15, 0.2) is 0 Å². The van der Waals surface area contributed by atoms with E-state index in [4.69, 9.17) is 0 Å². The average Bonchev–Trinajstić information content (AvgIpc) is 2.84. The van der Waals surface area contributed by atoms with Crippen molar-refractivity contribution in [3.8, 4) is 6.07 Å². The first kappa shape index (κ1) is 14.7. The Morgan fingerprint density at radius 1 is 1.50 bits per heavy atom. The highest BCUT2D eigenvalue weighted by Crippen LogP contribution is 2.13. The van der Waals surface area contributed by atoms with Crippen LogP contribution in [0, 0.1) is 11.3 Å². The molecule has 0 aliphatic rings. The number of nitrogens with zero attached hydrogens (tertiary/aromatic N) is 3. The molecule has 4 nitrogen and oxygen atoms in total. The van der Waals surface area contributed by atoms with E-state index in [1.807, 2.05) is 19.3 Å². The highest BCUT2D eigenvalue weighted by atomic mass is 15.1. The number of hydrogen-bond acceptors (Lipinski definition) is 3. The fourth-order valence-corrected chi connectivity index (χ4v) is 2.05. The standard InChI is InChI=1S/C14H24N4/c1-4-8-17-14(3,12-15)7-6-10-18-11-9-16-13(18)5-2/h9,11,17H,4-8,10H2,1-3H3. The first-order valence-corrected chi connectivity index (χ1v) is 6.81. The van der Waals surface area contributed by atoms with E-state index in [9.17, 15) is 5.26 Å². The Hall–Kier alpha value is -1.34. The number of imidazole rings is 1. The Morgan fingerprint density at radius 3 is 2.89 bits per heavy atom. The minimum Gasteiger partial charge on any atom is -0.335 e. The monoisotopic (exact) mass is 248 g/mol. The Kier molecular flexibility index (Phi) is 5.87. The summed E-state index contributed by atoms with van der Waals surface area (Å²) >= 11 is 0. The van der Waals surface area contributed by atoms with Crippen molar-refractivity contribution in [2.75, 3.05) is 6.54 Å². The molecular formula is C14H24N4. The minimum atomic E-state index is -0.400. The van der Waals surface area contributed by atoms with E-state index in [1.165, 1.54) is 0 Å². The first-order valence-electron chi connectivity index (χ1n) is 6.81. The lowest BCUT2D eigenvalue weighted by Crippen LogP contribution is -2.41. The van der Waals surface area contributed by atoms with Crippen LogP contribution in [-0.4, -0.2) is 21.6 Å². The van der Waals surface area contributed by atoms with E-state index in [1.54, 1.807) is 0 Å². The van der Waals surface area contributed by atoms with E-state index < -0.39 is 5.54 Å². The summed E-state index contributed by atoms with van der Waals surface area (Å²) in [6.07, 6.45) is 7.73. The second kappa shape index (κ2) is 7.17. The molecule has 0 bridgehead atoms. The SMILES string of the molecule is CCCNC(C)(C#N)CCCn1ccnc1CC. The molecule has 4 heteroatoms. The van der Waals surface area contributed by atoms with Gasteiger partial charge in [0.05, 0.1) is 6.07 Å². The topological polar surface area (TPSA) is 53.6 Å². The van der Waals surface area contributed by atoms with Crippen LogP contribution in [0.4, 0.5) is 0 Å². The Bertz CT molecular complexity index is 391. The highest BCUT2D eigenvalue weighted by Gasteiger charge is 2.21. The van der Waals surface area contributed by atoms with Crippen LogP contribution >= 0.6 is 0 Å². The third-order valence-electron chi connectivity index (χ3n) is 3.21. The number of nitrogens with one attached hydrogen (secondary N) is 1. The molecule has 1 aromatic heterocycles. The molecule has 0 fully saturated rings. The largest absolute Gasteiger partial charge is 0.335 e. The maximum atomic E-state index is 9.24. The summed E-state index contributed by atoms with van der Waals surface area (Å²) in [5, 5.41) is 12.6. The number of nitriles is 1. The first-order chi connectivity index (χ1) is 8.65. The van der Waals surface area contributed by atoms with Crippen LogP contribution in [-0.2, 0) is 13.0 Å². The summed E-state index contributed by atoms with van der Waals surface area (Å²) < 4.78 is 2.18. The molecule has 0 aliphatic heterocycles. The van der Waals surface area contributed by atoms with E-state index in [0.29, 0.717) is 0 Å². The van der Waals surface area contributed by atoms with Crippen molar-refractivity contribution in [3.63, 3.8) is 0 Å². The van der Waals surface area contributed by atoms with Crippen molar-refractivity contribution in [1.82, 2.24) is 14.9 Å². The van der Waals surface area contributed by atoms with Gasteiger partial charge in [-0.05, 0) is 32.7 Å². The molecule has 1 aromatic rings. The summed E-state index contributed by atoms with van der Waals surface area (Å²) in [5.41, 5.74) is -0.400. The van der Waals surface area contributed by atoms with E-state index in [2.05, 4.69) is 34.8 Å². The highest BCUT2D eigenvalue weighted by molar-refractivity contribution is 5.03.